The van der Waals surface area contributed by atoms with E-state index in [1.54, 1.807) is 22.7 Å². The molecule has 5 nitrogen and oxygen atoms in total. The fourth-order valence-electron chi connectivity index (χ4n) is 4.09. The lowest BCUT2D eigenvalue weighted by Gasteiger charge is -2.35. The van der Waals surface area contributed by atoms with Gasteiger partial charge in [0.1, 0.15) is 5.01 Å². The SMILES string of the molecule is O=C(NC(c1ccccc1)c1ccccc1)N1CCN(Cc2nc(-c3cccs3)cs2)CC1. The Kier molecular flexibility index (Phi) is 6.81. The van der Waals surface area contributed by atoms with Crippen molar-refractivity contribution in [3.05, 3.63) is 99.7 Å². The average molecular weight is 475 g/mol. The molecule has 168 valence electrons. The van der Waals surface area contributed by atoms with E-state index in [1.165, 1.54) is 4.88 Å². The van der Waals surface area contributed by atoms with Gasteiger partial charge in [-0.05, 0) is 22.6 Å². The number of nitrogens with one attached hydrogen (secondary N) is 1. The van der Waals surface area contributed by atoms with Crippen LogP contribution in [0.25, 0.3) is 10.6 Å². The molecule has 0 saturated carbocycles. The molecule has 1 saturated heterocycles. The van der Waals surface area contributed by atoms with Crippen molar-refractivity contribution in [3.8, 4) is 10.6 Å². The summed E-state index contributed by atoms with van der Waals surface area (Å²) in [5.41, 5.74) is 3.23. The second-order valence-electron chi connectivity index (χ2n) is 8.07. The van der Waals surface area contributed by atoms with Gasteiger partial charge in [-0.3, -0.25) is 4.90 Å². The first-order valence-electron chi connectivity index (χ1n) is 11.1. The van der Waals surface area contributed by atoms with Crippen LogP contribution in [0.1, 0.15) is 22.2 Å². The number of nitrogens with zero attached hydrogens (tertiary/aromatic N) is 3. The Bertz CT molecular complexity index is 1110. The van der Waals surface area contributed by atoms with Crippen LogP contribution < -0.4 is 5.32 Å². The Balaban J connectivity index is 1.18. The number of benzene rings is 2. The number of rotatable bonds is 6. The summed E-state index contributed by atoms with van der Waals surface area (Å²) in [6, 6.07) is 24.3. The number of hydrogen-bond acceptors (Lipinski definition) is 5. The smallest absolute Gasteiger partial charge is 0.318 e. The zero-order valence-electron chi connectivity index (χ0n) is 18.3. The van der Waals surface area contributed by atoms with Crippen molar-refractivity contribution < 1.29 is 4.79 Å². The lowest BCUT2D eigenvalue weighted by Crippen LogP contribution is -2.52. The van der Waals surface area contributed by atoms with Crippen LogP contribution in [0.3, 0.4) is 0 Å². The normalized spacial score (nSPS) is 14.5. The van der Waals surface area contributed by atoms with Gasteiger partial charge in [-0.15, -0.1) is 22.7 Å². The summed E-state index contributed by atoms with van der Waals surface area (Å²) in [4.78, 5) is 23.5. The van der Waals surface area contributed by atoms with Crippen molar-refractivity contribution in [1.29, 1.82) is 0 Å². The third-order valence-electron chi connectivity index (χ3n) is 5.88. The summed E-state index contributed by atoms with van der Waals surface area (Å²) < 4.78 is 0. The highest BCUT2D eigenvalue weighted by molar-refractivity contribution is 7.14. The number of thiazole rings is 1. The molecule has 1 aliphatic rings. The minimum Gasteiger partial charge on any atom is -0.327 e. The fraction of sp³-hybridized carbons (Fsp3) is 0.231. The third-order valence-corrected chi connectivity index (χ3v) is 7.60. The first-order valence-corrected chi connectivity index (χ1v) is 12.9. The van der Waals surface area contributed by atoms with Gasteiger partial charge >= 0.3 is 6.03 Å². The average Bonchev–Trinajstić information content (AvgIpc) is 3.56. The van der Waals surface area contributed by atoms with Crippen LogP contribution >= 0.6 is 22.7 Å². The van der Waals surface area contributed by atoms with Crippen LogP contribution in [-0.4, -0.2) is 47.0 Å². The molecule has 0 bridgehead atoms. The van der Waals surface area contributed by atoms with Crippen molar-refractivity contribution in [1.82, 2.24) is 20.1 Å². The number of aromatic nitrogens is 1. The van der Waals surface area contributed by atoms with Gasteiger partial charge in [-0.1, -0.05) is 66.7 Å². The van der Waals surface area contributed by atoms with Gasteiger partial charge in [0.05, 0.1) is 23.2 Å². The first-order chi connectivity index (χ1) is 16.3. The molecule has 0 atom stereocenters. The van der Waals surface area contributed by atoms with E-state index >= 15 is 0 Å². The van der Waals surface area contributed by atoms with E-state index in [2.05, 4.69) is 57.4 Å². The Morgan fingerprint density at radius 2 is 1.55 bits per heavy atom. The van der Waals surface area contributed by atoms with E-state index in [0.29, 0.717) is 13.1 Å². The largest absolute Gasteiger partial charge is 0.327 e. The predicted molar refractivity (Wildman–Crippen MR) is 136 cm³/mol. The van der Waals surface area contributed by atoms with Crippen LogP contribution in [0.2, 0.25) is 0 Å². The Hall–Kier alpha value is -3.00. The van der Waals surface area contributed by atoms with E-state index in [1.807, 2.05) is 41.3 Å². The number of urea groups is 1. The van der Waals surface area contributed by atoms with Gasteiger partial charge in [0.15, 0.2) is 0 Å². The van der Waals surface area contributed by atoms with E-state index in [-0.39, 0.29) is 12.1 Å². The van der Waals surface area contributed by atoms with Gasteiger partial charge in [-0.2, -0.15) is 0 Å². The highest BCUT2D eigenvalue weighted by atomic mass is 32.1. The highest BCUT2D eigenvalue weighted by Gasteiger charge is 2.25. The molecule has 2 aromatic heterocycles. The molecule has 0 spiro atoms. The standard InChI is InChI=1S/C26H26N4OS2/c31-26(28-25(20-8-3-1-4-9-20)21-10-5-2-6-11-21)30-15-13-29(14-16-30)18-24-27-22(19-33-24)23-12-7-17-32-23/h1-12,17,19,25H,13-16,18H2,(H,28,31). The Labute approximate surface area is 202 Å². The molecule has 2 aromatic carbocycles. The van der Waals surface area contributed by atoms with Crippen molar-refractivity contribution in [2.24, 2.45) is 0 Å². The first kappa shape index (κ1) is 21.8. The zero-order chi connectivity index (χ0) is 22.5. The summed E-state index contributed by atoms with van der Waals surface area (Å²) in [5.74, 6) is 0. The molecule has 5 rings (SSSR count). The molecule has 33 heavy (non-hydrogen) atoms. The molecular formula is C26H26N4OS2. The van der Waals surface area contributed by atoms with Crippen molar-refractivity contribution in [2.75, 3.05) is 26.2 Å². The van der Waals surface area contributed by atoms with E-state index in [4.69, 9.17) is 4.98 Å². The molecule has 0 aliphatic carbocycles. The quantitative estimate of drug-likeness (QED) is 0.402. The summed E-state index contributed by atoms with van der Waals surface area (Å²) in [6.45, 7) is 3.96. The summed E-state index contributed by atoms with van der Waals surface area (Å²) >= 11 is 3.43. The molecule has 0 radical (unpaired) electrons. The van der Waals surface area contributed by atoms with Gasteiger partial charge in [0, 0.05) is 31.6 Å². The van der Waals surface area contributed by atoms with E-state index < -0.39 is 0 Å². The number of piperazine rings is 1. The molecule has 2 amide bonds. The molecule has 1 aliphatic heterocycles. The predicted octanol–water partition coefficient (Wildman–Crippen LogP) is 5.49. The molecule has 0 unspecified atom stereocenters. The summed E-state index contributed by atoms with van der Waals surface area (Å²) in [7, 11) is 0. The zero-order valence-corrected chi connectivity index (χ0v) is 19.9. The van der Waals surface area contributed by atoms with Crippen molar-refractivity contribution in [2.45, 2.75) is 12.6 Å². The van der Waals surface area contributed by atoms with Crippen molar-refractivity contribution in [3.63, 3.8) is 0 Å². The van der Waals surface area contributed by atoms with Crippen molar-refractivity contribution >= 4 is 28.7 Å². The van der Waals surface area contributed by atoms with E-state index in [0.717, 1.165) is 41.5 Å². The number of thiophene rings is 1. The minimum atomic E-state index is -0.163. The lowest BCUT2D eigenvalue weighted by atomic mass is 9.99. The molecule has 3 heterocycles. The Morgan fingerprint density at radius 1 is 0.879 bits per heavy atom. The minimum absolute atomic E-state index is 0.0124. The fourth-order valence-corrected chi connectivity index (χ4v) is 5.68. The van der Waals surface area contributed by atoms with Crippen LogP contribution in [0.4, 0.5) is 4.79 Å². The second-order valence-corrected chi connectivity index (χ2v) is 9.96. The summed E-state index contributed by atoms with van der Waals surface area (Å²) in [6.07, 6.45) is 0. The topological polar surface area (TPSA) is 48.5 Å². The van der Waals surface area contributed by atoms with Crippen LogP contribution in [0, 0.1) is 0 Å². The van der Waals surface area contributed by atoms with Crippen LogP contribution in [-0.2, 0) is 6.54 Å². The van der Waals surface area contributed by atoms with Gasteiger partial charge in [0.25, 0.3) is 0 Å². The number of hydrogen-bond donors (Lipinski definition) is 1. The number of carbonyl (C=O) groups excluding carboxylic acids is 1. The highest BCUT2D eigenvalue weighted by Crippen LogP contribution is 2.27. The summed E-state index contributed by atoms with van der Waals surface area (Å²) in [5, 5.41) is 8.61. The van der Waals surface area contributed by atoms with Gasteiger partial charge < -0.3 is 10.2 Å². The lowest BCUT2D eigenvalue weighted by molar-refractivity contribution is 0.134. The van der Waals surface area contributed by atoms with Crippen LogP contribution in [0.5, 0.6) is 0 Å². The molecule has 4 aromatic rings. The van der Waals surface area contributed by atoms with Crippen LogP contribution in [0.15, 0.2) is 83.6 Å². The van der Waals surface area contributed by atoms with E-state index in [9.17, 15) is 4.79 Å². The molecular weight excluding hydrogens is 448 g/mol. The molecule has 1 N–H and O–H groups in total. The van der Waals surface area contributed by atoms with Gasteiger partial charge in [-0.25, -0.2) is 9.78 Å². The third kappa shape index (κ3) is 5.33. The number of carbonyl (C=O) groups is 1. The van der Waals surface area contributed by atoms with Gasteiger partial charge in [0.2, 0.25) is 0 Å². The Morgan fingerprint density at radius 3 is 2.15 bits per heavy atom. The maximum Gasteiger partial charge on any atom is 0.318 e. The maximum atomic E-state index is 13.1. The number of amides is 2. The maximum absolute atomic E-state index is 13.1. The molecule has 7 heteroatoms. The molecule has 1 fully saturated rings. The monoisotopic (exact) mass is 474 g/mol. The second kappa shape index (κ2) is 10.3.